The Morgan fingerprint density at radius 2 is 1.58 bits per heavy atom. The number of carbonyl (C=O) groups excluding carboxylic acids is 1. The summed E-state index contributed by atoms with van der Waals surface area (Å²) in [5.74, 6) is 0.0706. The third-order valence-electron chi connectivity index (χ3n) is 3.23. The standard InChI is InChI=1S/C17H19NO/c1-13-7-6-8-14(2)17(13)18-16(19)12-11-15-9-4-3-5-10-15/h3-10H,11-12H2,1-2H3,(H,18,19). The van der Waals surface area contributed by atoms with Gasteiger partial charge in [-0.1, -0.05) is 48.5 Å². The zero-order valence-electron chi connectivity index (χ0n) is 11.4. The van der Waals surface area contributed by atoms with E-state index in [0.717, 1.165) is 23.2 Å². The number of anilines is 1. The summed E-state index contributed by atoms with van der Waals surface area (Å²) in [6.07, 6.45) is 1.29. The van der Waals surface area contributed by atoms with E-state index in [0.29, 0.717) is 6.42 Å². The van der Waals surface area contributed by atoms with Crippen LogP contribution in [0.25, 0.3) is 0 Å². The molecule has 0 aliphatic heterocycles. The summed E-state index contributed by atoms with van der Waals surface area (Å²) in [4.78, 5) is 12.0. The van der Waals surface area contributed by atoms with Crippen molar-refractivity contribution >= 4 is 11.6 Å². The highest BCUT2D eigenvalue weighted by Crippen LogP contribution is 2.19. The van der Waals surface area contributed by atoms with Crippen LogP contribution < -0.4 is 5.32 Å². The number of para-hydroxylation sites is 1. The number of hydrogen-bond donors (Lipinski definition) is 1. The maximum atomic E-state index is 12.0. The van der Waals surface area contributed by atoms with Gasteiger partial charge in [-0.15, -0.1) is 0 Å². The van der Waals surface area contributed by atoms with Crippen LogP contribution in [-0.4, -0.2) is 5.91 Å². The molecule has 0 atom stereocenters. The first-order valence-corrected chi connectivity index (χ1v) is 6.57. The van der Waals surface area contributed by atoms with Crippen molar-refractivity contribution in [3.8, 4) is 0 Å². The van der Waals surface area contributed by atoms with E-state index in [-0.39, 0.29) is 5.91 Å². The van der Waals surface area contributed by atoms with Crippen molar-refractivity contribution in [3.63, 3.8) is 0 Å². The molecule has 0 aliphatic rings. The van der Waals surface area contributed by atoms with E-state index in [1.165, 1.54) is 5.56 Å². The lowest BCUT2D eigenvalue weighted by atomic mass is 10.1. The van der Waals surface area contributed by atoms with Gasteiger partial charge in [0.2, 0.25) is 5.91 Å². The Kier molecular flexibility index (Phi) is 4.35. The first kappa shape index (κ1) is 13.3. The highest BCUT2D eigenvalue weighted by atomic mass is 16.1. The molecule has 1 amide bonds. The van der Waals surface area contributed by atoms with Gasteiger partial charge in [0.25, 0.3) is 0 Å². The van der Waals surface area contributed by atoms with Crippen LogP contribution in [0.3, 0.4) is 0 Å². The Morgan fingerprint density at radius 3 is 2.21 bits per heavy atom. The topological polar surface area (TPSA) is 29.1 Å². The molecule has 1 N–H and O–H groups in total. The van der Waals surface area contributed by atoms with Gasteiger partial charge in [-0.3, -0.25) is 4.79 Å². The van der Waals surface area contributed by atoms with Gasteiger partial charge >= 0.3 is 0 Å². The number of carbonyl (C=O) groups is 1. The molecule has 0 aromatic heterocycles. The predicted octanol–water partition coefficient (Wildman–Crippen LogP) is 3.87. The van der Waals surface area contributed by atoms with E-state index in [4.69, 9.17) is 0 Å². The van der Waals surface area contributed by atoms with E-state index in [1.54, 1.807) is 0 Å². The molecular weight excluding hydrogens is 234 g/mol. The molecule has 0 saturated carbocycles. The van der Waals surface area contributed by atoms with Gasteiger partial charge in [0.1, 0.15) is 0 Å². The largest absolute Gasteiger partial charge is 0.326 e. The number of amides is 1. The molecule has 0 fully saturated rings. The quantitative estimate of drug-likeness (QED) is 0.880. The van der Waals surface area contributed by atoms with Crippen molar-refractivity contribution < 1.29 is 4.79 Å². The normalized spacial score (nSPS) is 10.2. The highest BCUT2D eigenvalue weighted by Gasteiger charge is 2.07. The van der Waals surface area contributed by atoms with Crippen molar-refractivity contribution in [2.24, 2.45) is 0 Å². The maximum absolute atomic E-state index is 12.0. The average molecular weight is 253 g/mol. The SMILES string of the molecule is Cc1cccc(C)c1NC(=O)CCc1ccccc1. The summed E-state index contributed by atoms with van der Waals surface area (Å²) >= 11 is 0. The molecule has 0 unspecified atom stereocenters. The number of hydrogen-bond acceptors (Lipinski definition) is 1. The molecule has 19 heavy (non-hydrogen) atoms. The van der Waals surface area contributed by atoms with Gasteiger partial charge in [0, 0.05) is 12.1 Å². The van der Waals surface area contributed by atoms with Crippen molar-refractivity contribution in [3.05, 3.63) is 65.2 Å². The van der Waals surface area contributed by atoms with Gasteiger partial charge in [-0.25, -0.2) is 0 Å². The molecule has 0 aliphatic carbocycles. The van der Waals surface area contributed by atoms with Crippen LogP contribution in [0.15, 0.2) is 48.5 Å². The van der Waals surface area contributed by atoms with Crippen molar-refractivity contribution in [2.75, 3.05) is 5.32 Å². The lowest BCUT2D eigenvalue weighted by molar-refractivity contribution is -0.116. The Morgan fingerprint density at radius 1 is 0.947 bits per heavy atom. The Hall–Kier alpha value is -2.09. The number of nitrogens with one attached hydrogen (secondary N) is 1. The minimum atomic E-state index is 0.0706. The summed E-state index contributed by atoms with van der Waals surface area (Å²) in [7, 11) is 0. The van der Waals surface area contributed by atoms with E-state index in [1.807, 2.05) is 62.4 Å². The first-order chi connectivity index (χ1) is 9.16. The molecule has 0 heterocycles. The second-order valence-corrected chi connectivity index (χ2v) is 4.80. The summed E-state index contributed by atoms with van der Waals surface area (Å²) < 4.78 is 0. The smallest absolute Gasteiger partial charge is 0.224 e. The van der Waals surface area contributed by atoms with Crippen LogP contribution in [0.5, 0.6) is 0 Å². The first-order valence-electron chi connectivity index (χ1n) is 6.57. The molecule has 2 aromatic rings. The zero-order valence-corrected chi connectivity index (χ0v) is 11.4. The fraction of sp³-hybridized carbons (Fsp3) is 0.235. The van der Waals surface area contributed by atoms with Crippen molar-refractivity contribution in [2.45, 2.75) is 26.7 Å². The van der Waals surface area contributed by atoms with E-state index in [9.17, 15) is 4.79 Å². The van der Waals surface area contributed by atoms with Gasteiger partial charge in [0.05, 0.1) is 0 Å². The molecule has 0 bridgehead atoms. The second kappa shape index (κ2) is 6.19. The minimum Gasteiger partial charge on any atom is -0.326 e. The molecule has 2 aromatic carbocycles. The van der Waals surface area contributed by atoms with Gasteiger partial charge in [-0.05, 0) is 37.0 Å². The molecule has 2 heteroatoms. The fourth-order valence-electron chi connectivity index (χ4n) is 2.12. The summed E-state index contributed by atoms with van der Waals surface area (Å²) in [6.45, 7) is 4.03. The number of benzene rings is 2. The molecule has 0 spiro atoms. The molecular formula is C17H19NO. The van der Waals surface area contributed by atoms with Crippen LogP contribution in [0.1, 0.15) is 23.1 Å². The molecule has 98 valence electrons. The number of aryl methyl sites for hydroxylation is 3. The van der Waals surface area contributed by atoms with Gasteiger partial charge in [0.15, 0.2) is 0 Å². The molecule has 0 saturated heterocycles. The zero-order chi connectivity index (χ0) is 13.7. The van der Waals surface area contributed by atoms with Crippen LogP contribution in [0.2, 0.25) is 0 Å². The van der Waals surface area contributed by atoms with Crippen molar-refractivity contribution in [1.82, 2.24) is 0 Å². The molecule has 2 nitrogen and oxygen atoms in total. The van der Waals surface area contributed by atoms with E-state index >= 15 is 0 Å². The van der Waals surface area contributed by atoms with Crippen molar-refractivity contribution in [1.29, 1.82) is 0 Å². The lowest BCUT2D eigenvalue weighted by Gasteiger charge is -2.11. The summed E-state index contributed by atoms with van der Waals surface area (Å²) in [5, 5.41) is 3.01. The van der Waals surface area contributed by atoms with Crippen LogP contribution in [-0.2, 0) is 11.2 Å². The third-order valence-corrected chi connectivity index (χ3v) is 3.23. The summed E-state index contributed by atoms with van der Waals surface area (Å²) in [6, 6.07) is 16.1. The third kappa shape index (κ3) is 3.68. The van der Waals surface area contributed by atoms with Crippen LogP contribution in [0, 0.1) is 13.8 Å². The predicted molar refractivity (Wildman–Crippen MR) is 79.3 cm³/mol. The van der Waals surface area contributed by atoms with Crippen LogP contribution in [0.4, 0.5) is 5.69 Å². The van der Waals surface area contributed by atoms with Gasteiger partial charge < -0.3 is 5.32 Å². The monoisotopic (exact) mass is 253 g/mol. The Bertz CT molecular complexity index is 540. The maximum Gasteiger partial charge on any atom is 0.224 e. The molecule has 2 rings (SSSR count). The molecule has 0 radical (unpaired) electrons. The van der Waals surface area contributed by atoms with Gasteiger partial charge in [-0.2, -0.15) is 0 Å². The highest BCUT2D eigenvalue weighted by molar-refractivity contribution is 5.92. The lowest BCUT2D eigenvalue weighted by Crippen LogP contribution is -2.14. The van der Waals surface area contributed by atoms with E-state index < -0.39 is 0 Å². The fourth-order valence-corrected chi connectivity index (χ4v) is 2.12. The summed E-state index contributed by atoms with van der Waals surface area (Å²) in [5.41, 5.74) is 4.35. The average Bonchev–Trinajstić information content (AvgIpc) is 2.42. The second-order valence-electron chi connectivity index (χ2n) is 4.80. The van der Waals surface area contributed by atoms with E-state index in [2.05, 4.69) is 5.32 Å². The minimum absolute atomic E-state index is 0.0706. The van der Waals surface area contributed by atoms with Crippen LogP contribution >= 0.6 is 0 Å². The Labute approximate surface area is 114 Å². The number of rotatable bonds is 4. The Balaban J connectivity index is 1.95.